The monoisotopic (exact) mass is 532 g/mol. The van der Waals surface area contributed by atoms with Gasteiger partial charge in [-0.05, 0) is 62.1 Å². The van der Waals surface area contributed by atoms with Crippen LogP contribution in [0.25, 0.3) is 11.0 Å². The van der Waals surface area contributed by atoms with Crippen molar-refractivity contribution in [3.63, 3.8) is 0 Å². The number of fused-ring (bicyclic) bond motifs is 1. The zero-order valence-electron chi connectivity index (χ0n) is 19.5. The van der Waals surface area contributed by atoms with Crippen molar-refractivity contribution >= 4 is 32.7 Å². The van der Waals surface area contributed by atoms with Crippen LogP contribution in [0.15, 0.2) is 76.3 Å². The number of hydrogen-bond donors (Lipinski definition) is 2. The van der Waals surface area contributed by atoms with Gasteiger partial charge >= 0.3 is 0 Å². The first-order valence-corrected chi connectivity index (χ1v) is 13.2. The SMILES string of the molecule is Cc1ccc(S(=O)(=O)O)c(C2CCNC(OCc3ccc(Cl)c4cc(F)oc34)C2)c1.c1ccncc1. The highest BCUT2D eigenvalue weighted by Gasteiger charge is 2.28. The van der Waals surface area contributed by atoms with Crippen LogP contribution in [0.1, 0.15) is 35.4 Å². The van der Waals surface area contributed by atoms with Crippen LogP contribution in [0.4, 0.5) is 4.39 Å². The Kier molecular flexibility index (Phi) is 8.38. The van der Waals surface area contributed by atoms with E-state index in [2.05, 4.69) is 10.3 Å². The average Bonchev–Trinajstić information content (AvgIpc) is 3.27. The van der Waals surface area contributed by atoms with Crippen molar-refractivity contribution in [2.75, 3.05) is 6.54 Å². The second-order valence-electron chi connectivity index (χ2n) is 8.52. The Labute approximate surface area is 214 Å². The third-order valence-electron chi connectivity index (χ3n) is 5.93. The van der Waals surface area contributed by atoms with Crippen LogP contribution in [-0.2, 0) is 21.5 Å². The molecule has 2 N–H and O–H groups in total. The van der Waals surface area contributed by atoms with Crippen LogP contribution < -0.4 is 5.32 Å². The molecule has 1 fully saturated rings. The number of nitrogens with zero attached hydrogens (tertiary/aromatic N) is 1. The van der Waals surface area contributed by atoms with Gasteiger partial charge < -0.3 is 9.15 Å². The van der Waals surface area contributed by atoms with Crippen molar-refractivity contribution in [2.45, 2.75) is 43.4 Å². The molecule has 2 atom stereocenters. The van der Waals surface area contributed by atoms with Crippen molar-refractivity contribution in [2.24, 2.45) is 0 Å². The van der Waals surface area contributed by atoms with Crippen LogP contribution in [0, 0.1) is 12.9 Å². The number of nitrogens with one attached hydrogen (secondary N) is 1. The van der Waals surface area contributed by atoms with Crippen molar-refractivity contribution in [1.29, 1.82) is 0 Å². The Hall–Kier alpha value is -2.82. The number of ether oxygens (including phenoxy) is 1. The molecular formula is C26H26ClFN2O5S. The molecule has 4 aromatic rings. The molecule has 0 saturated carbocycles. The lowest BCUT2D eigenvalue weighted by molar-refractivity contribution is -0.00409. The highest BCUT2D eigenvalue weighted by molar-refractivity contribution is 7.85. The van der Waals surface area contributed by atoms with E-state index in [1.165, 1.54) is 12.1 Å². The van der Waals surface area contributed by atoms with Gasteiger partial charge in [-0.2, -0.15) is 12.8 Å². The molecule has 0 spiro atoms. The number of rotatable bonds is 5. The quantitative estimate of drug-likeness (QED) is 0.310. The van der Waals surface area contributed by atoms with Gasteiger partial charge in [0.15, 0.2) is 0 Å². The summed E-state index contributed by atoms with van der Waals surface area (Å²) in [5.41, 5.74) is 2.52. The summed E-state index contributed by atoms with van der Waals surface area (Å²) >= 11 is 6.09. The zero-order chi connectivity index (χ0) is 25.7. The lowest BCUT2D eigenvalue weighted by Gasteiger charge is -2.31. The molecular weight excluding hydrogens is 507 g/mol. The summed E-state index contributed by atoms with van der Waals surface area (Å²) in [7, 11) is -4.32. The smallest absolute Gasteiger partial charge is 0.294 e. The third-order valence-corrected chi connectivity index (χ3v) is 7.19. The summed E-state index contributed by atoms with van der Waals surface area (Å²) < 4.78 is 57.9. The molecule has 10 heteroatoms. The van der Waals surface area contributed by atoms with Gasteiger partial charge in [-0.1, -0.05) is 41.4 Å². The van der Waals surface area contributed by atoms with E-state index in [-0.39, 0.29) is 23.6 Å². The molecule has 3 heterocycles. The first-order chi connectivity index (χ1) is 17.2. The number of aromatic nitrogens is 1. The standard InChI is InChI=1S/C21H21ClFNO5S.C5H5N/c1-12-2-5-18(30(25,26)27)15(8-12)13-6-7-24-20(9-13)28-11-14-3-4-17(22)16-10-19(23)29-21(14)16;1-2-4-6-5-3-1/h2-5,8,10,13,20,24H,6-7,9,11H2,1H3,(H,25,26,27);1-5H. The van der Waals surface area contributed by atoms with Crippen LogP contribution >= 0.6 is 11.6 Å². The molecule has 1 aliphatic rings. The minimum atomic E-state index is -4.32. The second kappa shape index (κ2) is 11.5. The van der Waals surface area contributed by atoms with Crippen LogP contribution in [0.5, 0.6) is 0 Å². The second-order valence-corrected chi connectivity index (χ2v) is 10.3. The van der Waals surface area contributed by atoms with Crippen LogP contribution in [0.2, 0.25) is 5.02 Å². The number of benzene rings is 2. The van der Waals surface area contributed by atoms with Gasteiger partial charge in [0, 0.05) is 29.4 Å². The molecule has 2 aromatic carbocycles. The minimum Gasteiger partial charge on any atom is -0.431 e. The van der Waals surface area contributed by atoms with E-state index in [1.807, 2.05) is 25.1 Å². The van der Waals surface area contributed by atoms with Crippen molar-refractivity contribution in [1.82, 2.24) is 10.3 Å². The molecule has 7 nitrogen and oxygen atoms in total. The van der Waals surface area contributed by atoms with Crippen molar-refractivity contribution < 1.29 is 26.5 Å². The summed E-state index contributed by atoms with van der Waals surface area (Å²) in [6.45, 7) is 2.67. The summed E-state index contributed by atoms with van der Waals surface area (Å²) in [6, 6.07) is 14.5. The van der Waals surface area contributed by atoms with E-state index < -0.39 is 16.1 Å². The molecule has 2 unspecified atom stereocenters. The molecule has 5 rings (SSSR count). The first-order valence-electron chi connectivity index (χ1n) is 11.4. The maximum absolute atomic E-state index is 13.5. The van der Waals surface area contributed by atoms with Gasteiger partial charge in [0.25, 0.3) is 16.1 Å². The van der Waals surface area contributed by atoms with E-state index in [1.54, 1.807) is 36.7 Å². The highest BCUT2D eigenvalue weighted by atomic mass is 35.5. The number of aryl methyl sites for hydroxylation is 1. The normalized spacial score (nSPS) is 18.0. The van der Waals surface area contributed by atoms with E-state index >= 15 is 0 Å². The van der Waals surface area contributed by atoms with Gasteiger partial charge in [-0.25, -0.2) is 0 Å². The van der Waals surface area contributed by atoms with Crippen molar-refractivity contribution in [3.05, 3.63) is 94.7 Å². The first kappa shape index (κ1) is 26.2. The molecule has 0 aliphatic carbocycles. The summed E-state index contributed by atoms with van der Waals surface area (Å²) in [5.74, 6) is -0.0978. The van der Waals surface area contributed by atoms with E-state index in [4.69, 9.17) is 20.8 Å². The lowest BCUT2D eigenvalue weighted by atomic mass is 9.88. The predicted molar refractivity (Wildman–Crippen MR) is 135 cm³/mol. The van der Waals surface area contributed by atoms with Gasteiger partial charge in [-0.15, -0.1) is 0 Å². The van der Waals surface area contributed by atoms with Crippen molar-refractivity contribution in [3.8, 4) is 0 Å². The fraction of sp³-hybridized carbons (Fsp3) is 0.269. The number of piperidine rings is 1. The molecule has 0 radical (unpaired) electrons. The molecule has 1 saturated heterocycles. The molecule has 0 bridgehead atoms. The Bertz CT molecular complexity index is 1400. The van der Waals surface area contributed by atoms with E-state index in [0.717, 1.165) is 5.56 Å². The maximum Gasteiger partial charge on any atom is 0.294 e. The molecule has 2 aromatic heterocycles. The number of halogens is 2. The Morgan fingerprint density at radius 2 is 1.97 bits per heavy atom. The minimum absolute atomic E-state index is 0.0655. The van der Waals surface area contributed by atoms with Gasteiger partial charge in [0.2, 0.25) is 0 Å². The molecule has 190 valence electrons. The van der Waals surface area contributed by atoms with Crippen LogP contribution in [-0.4, -0.2) is 30.7 Å². The van der Waals surface area contributed by atoms with E-state index in [9.17, 15) is 17.4 Å². The highest BCUT2D eigenvalue weighted by Crippen LogP contribution is 2.34. The summed E-state index contributed by atoms with van der Waals surface area (Å²) in [6.07, 6.45) is 4.39. The number of pyridine rings is 1. The van der Waals surface area contributed by atoms with E-state index in [0.29, 0.717) is 46.5 Å². The van der Waals surface area contributed by atoms with Crippen LogP contribution in [0.3, 0.4) is 0 Å². The molecule has 0 amide bonds. The largest absolute Gasteiger partial charge is 0.431 e. The predicted octanol–water partition coefficient (Wildman–Crippen LogP) is 5.87. The average molecular weight is 533 g/mol. The van der Waals surface area contributed by atoms with Gasteiger partial charge in [0.05, 0.1) is 16.5 Å². The Balaban J connectivity index is 0.000000445. The Morgan fingerprint density at radius 3 is 2.64 bits per heavy atom. The topological polar surface area (TPSA) is 102 Å². The third kappa shape index (κ3) is 6.48. The number of hydrogen-bond acceptors (Lipinski definition) is 6. The fourth-order valence-corrected chi connectivity index (χ4v) is 5.21. The van der Waals surface area contributed by atoms with Gasteiger partial charge in [0.1, 0.15) is 11.8 Å². The lowest BCUT2D eigenvalue weighted by Crippen LogP contribution is -2.39. The molecule has 36 heavy (non-hydrogen) atoms. The fourth-order valence-electron chi connectivity index (χ4n) is 4.24. The zero-order valence-corrected chi connectivity index (χ0v) is 21.1. The summed E-state index contributed by atoms with van der Waals surface area (Å²) in [5, 5.41) is 4.15. The number of furan rings is 1. The molecule has 1 aliphatic heterocycles. The summed E-state index contributed by atoms with van der Waals surface area (Å²) in [4.78, 5) is 3.72. The van der Waals surface area contributed by atoms with Gasteiger partial charge in [-0.3, -0.25) is 14.9 Å². The Morgan fingerprint density at radius 1 is 1.19 bits per heavy atom. The maximum atomic E-state index is 13.5.